The summed E-state index contributed by atoms with van der Waals surface area (Å²) in [5, 5.41) is 18.9. The van der Waals surface area contributed by atoms with Crippen molar-refractivity contribution in [2.45, 2.75) is 17.5 Å². The lowest BCUT2D eigenvalue weighted by Crippen LogP contribution is -2.13. The molecule has 0 unspecified atom stereocenters. The first kappa shape index (κ1) is 18.3. The second kappa shape index (κ2) is 7.87. The molecule has 1 aliphatic heterocycles. The molecule has 144 valence electrons. The zero-order valence-corrected chi connectivity index (χ0v) is 15.7. The summed E-state index contributed by atoms with van der Waals surface area (Å²) in [5.41, 5.74) is 2.28. The zero-order chi connectivity index (χ0) is 19.5. The van der Waals surface area contributed by atoms with E-state index >= 15 is 0 Å². The Balaban J connectivity index is 1.52. The molecule has 0 fully saturated rings. The van der Waals surface area contributed by atoms with Gasteiger partial charge < -0.3 is 14.2 Å². The van der Waals surface area contributed by atoms with Gasteiger partial charge in [-0.1, -0.05) is 11.8 Å². The average molecular weight is 400 g/mol. The molecule has 0 radical (unpaired) electrons. The van der Waals surface area contributed by atoms with Crippen LogP contribution in [0.15, 0.2) is 41.6 Å². The largest absolute Gasteiger partial charge is 0.497 e. The van der Waals surface area contributed by atoms with E-state index in [1.807, 2.05) is 24.3 Å². The Kier molecular flexibility index (Phi) is 5.13. The van der Waals surface area contributed by atoms with Crippen LogP contribution < -0.4 is 9.47 Å². The van der Waals surface area contributed by atoms with Crippen molar-refractivity contribution in [2.75, 3.05) is 13.9 Å². The summed E-state index contributed by atoms with van der Waals surface area (Å²) in [7, 11) is 1.61. The van der Waals surface area contributed by atoms with Gasteiger partial charge >= 0.3 is 0 Å². The number of nitrogens with zero attached hydrogens (tertiary/aromatic N) is 3. The fourth-order valence-electron chi connectivity index (χ4n) is 2.82. The molecule has 1 N–H and O–H groups in total. The summed E-state index contributed by atoms with van der Waals surface area (Å²) in [6.45, 7) is 0.418. The predicted octanol–water partition coefficient (Wildman–Crippen LogP) is 3.55. The highest BCUT2D eigenvalue weighted by Crippen LogP contribution is 2.36. The number of nitrogens with one attached hydrogen (secondary N) is 1. The van der Waals surface area contributed by atoms with E-state index in [4.69, 9.17) is 14.2 Å². The first-order valence-corrected chi connectivity index (χ1v) is 9.33. The number of nitro benzene ring substituents is 1. The third-order valence-electron chi connectivity index (χ3n) is 4.17. The second-order valence-corrected chi connectivity index (χ2v) is 6.89. The maximum atomic E-state index is 11.2. The first-order chi connectivity index (χ1) is 13.6. The van der Waals surface area contributed by atoms with Gasteiger partial charge in [0.25, 0.3) is 5.69 Å². The van der Waals surface area contributed by atoms with Crippen molar-refractivity contribution >= 4 is 17.4 Å². The molecule has 0 saturated carbocycles. The fraction of sp³-hybridized carbons (Fsp3) is 0.222. The second-order valence-electron chi connectivity index (χ2n) is 5.94. The molecule has 9 nitrogen and oxygen atoms in total. The molecule has 1 aromatic heterocycles. The van der Waals surface area contributed by atoms with Crippen LogP contribution in [0.5, 0.6) is 11.5 Å². The van der Waals surface area contributed by atoms with Crippen molar-refractivity contribution in [3.05, 3.63) is 57.6 Å². The molecule has 10 heteroatoms. The minimum Gasteiger partial charge on any atom is -0.497 e. The zero-order valence-electron chi connectivity index (χ0n) is 14.9. The van der Waals surface area contributed by atoms with Crippen LogP contribution in [0.3, 0.4) is 0 Å². The molecule has 2 heterocycles. The van der Waals surface area contributed by atoms with Crippen LogP contribution in [0.2, 0.25) is 0 Å². The Morgan fingerprint density at radius 1 is 1.32 bits per heavy atom. The number of non-ortho nitro benzene ring substituents is 1. The van der Waals surface area contributed by atoms with Crippen LogP contribution >= 0.6 is 11.8 Å². The summed E-state index contributed by atoms with van der Waals surface area (Å²) < 4.78 is 15.9. The molecule has 4 rings (SSSR count). The van der Waals surface area contributed by atoms with Gasteiger partial charge in [-0.3, -0.25) is 15.2 Å². The minimum atomic E-state index is -0.419. The third kappa shape index (κ3) is 3.78. The predicted molar refractivity (Wildman–Crippen MR) is 101 cm³/mol. The normalized spacial score (nSPS) is 12.9. The quantitative estimate of drug-likeness (QED) is 0.380. The standard InChI is InChI=1S/C18H16N4O5S/c1-25-15-4-2-11(3-5-15)17-19-18(21-20-17)28-9-13-7-14(22(23)24)6-12-8-26-10-27-16(12)13/h2-7H,8-10H2,1H3,(H,19,20,21). The van der Waals surface area contributed by atoms with Crippen molar-refractivity contribution in [3.63, 3.8) is 0 Å². The van der Waals surface area contributed by atoms with Gasteiger partial charge in [0.15, 0.2) is 12.6 Å². The highest BCUT2D eigenvalue weighted by molar-refractivity contribution is 7.98. The van der Waals surface area contributed by atoms with Crippen molar-refractivity contribution in [2.24, 2.45) is 0 Å². The van der Waals surface area contributed by atoms with E-state index in [1.54, 1.807) is 7.11 Å². The molecule has 1 aliphatic rings. The molecular formula is C18H16N4O5S. The number of fused-ring (bicyclic) bond motifs is 1. The Morgan fingerprint density at radius 3 is 2.89 bits per heavy atom. The van der Waals surface area contributed by atoms with Crippen molar-refractivity contribution in [1.29, 1.82) is 0 Å². The minimum absolute atomic E-state index is 0.0114. The molecule has 28 heavy (non-hydrogen) atoms. The molecule has 0 spiro atoms. The van der Waals surface area contributed by atoms with Crippen LogP contribution in [0.1, 0.15) is 11.1 Å². The number of ether oxygens (including phenoxy) is 3. The van der Waals surface area contributed by atoms with Gasteiger partial charge in [-0.2, -0.15) is 0 Å². The first-order valence-electron chi connectivity index (χ1n) is 8.34. The van der Waals surface area contributed by atoms with Crippen molar-refractivity contribution in [1.82, 2.24) is 15.2 Å². The molecule has 0 amide bonds. The van der Waals surface area contributed by atoms with E-state index in [9.17, 15) is 10.1 Å². The van der Waals surface area contributed by atoms with E-state index in [0.717, 1.165) is 11.3 Å². The van der Waals surface area contributed by atoms with Gasteiger partial charge in [0, 0.05) is 34.6 Å². The number of aromatic nitrogens is 3. The Bertz CT molecular complexity index is 1010. The molecule has 3 aromatic rings. The topological polar surface area (TPSA) is 112 Å². The van der Waals surface area contributed by atoms with Crippen molar-refractivity contribution in [3.8, 4) is 22.9 Å². The van der Waals surface area contributed by atoms with Crippen LogP contribution in [-0.4, -0.2) is 34.0 Å². The van der Waals surface area contributed by atoms with Gasteiger partial charge in [-0.05, 0) is 24.3 Å². The molecular weight excluding hydrogens is 384 g/mol. The Hall–Kier alpha value is -3.11. The van der Waals surface area contributed by atoms with Crippen molar-refractivity contribution < 1.29 is 19.1 Å². The van der Waals surface area contributed by atoms with Gasteiger partial charge in [0.05, 0.1) is 18.6 Å². The maximum absolute atomic E-state index is 11.2. The van der Waals surface area contributed by atoms with E-state index in [-0.39, 0.29) is 19.1 Å². The van der Waals surface area contributed by atoms with Crippen LogP contribution in [0, 0.1) is 10.1 Å². The number of rotatable bonds is 6. The maximum Gasteiger partial charge on any atom is 0.270 e. The number of hydrogen-bond acceptors (Lipinski definition) is 8. The lowest BCUT2D eigenvalue weighted by Gasteiger charge is -2.20. The molecule has 0 bridgehead atoms. The van der Waals surface area contributed by atoms with Gasteiger partial charge in [0.2, 0.25) is 5.16 Å². The Morgan fingerprint density at radius 2 is 2.14 bits per heavy atom. The van der Waals surface area contributed by atoms with E-state index in [2.05, 4.69) is 15.2 Å². The van der Waals surface area contributed by atoms with E-state index in [0.29, 0.717) is 33.6 Å². The number of hydrogen-bond donors (Lipinski definition) is 1. The van der Waals surface area contributed by atoms with Gasteiger partial charge in [0.1, 0.15) is 11.5 Å². The Labute approximate surface area is 164 Å². The summed E-state index contributed by atoms with van der Waals surface area (Å²) in [5.74, 6) is 2.47. The van der Waals surface area contributed by atoms with Gasteiger partial charge in [-0.25, -0.2) is 4.98 Å². The fourth-order valence-corrected chi connectivity index (χ4v) is 3.59. The summed E-state index contributed by atoms with van der Waals surface area (Å²) in [6.07, 6.45) is 0. The number of nitro groups is 1. The number of aromatic amines is 1. The summed E-state index contributed by atoms with van der Waals surface area (Å²) >= 11 is 1.37. The molecule has 2 aromatic carbocycles. The molecule has 0 aliphatic carbocycles. The van der Waals surface area contributed by atoms with Gasteiger partial charge in [-0.15, -0.1) is 5.10 Å². The highest BCUT2D eigenvalue weighted by Gasteiger charge is 2.21. The number of H-pyrrole nitrogens is 1. The smallest absolute Gasteiger partial charge is 0.270 e. The summed E-state index contributed by atoms with van der Waals surface area (Å²) in [4.78, 5) is 15.3. The summed E-state index contributed by atoms with van der Waals surface area (Å²) in [6, 6.07) is 10.5. The van der Waals surface area contributed by atoms with Crippen LogP contribution in [0.4, 0.5) is 5.69 Å². The lowest BCUT2D eigenvalue weighted by molar-refractivity contribution is -0.385. The number of methoxy groups -OCH3 is 1. The monoisotopic (exact) mass is 400 g/mol. The lowest BCUT2D eigenvalue weighted by atomic mass is 10.1. The molecule has 0 atom stereocenters. The highest BCUT2D eigenvalue weighted by atomic mass is 32.2. The van der Waals surface area contributed by atoms with E-state index < -0.39 is 4.92 Å². The third-order valence-corrected chi connectivity index (χ3v) is 5.06. The number of thioether (sulfide) groups is 1. The van der Waals surface area contributed by atoms with E-state index in [1.165, 1.54) is 23.9 Å². The average Bonchev–Trinajstić information content (AvgIpc) is 3.21. The van der Waals surface area contributed by atoms with Crippen LogP contribution in [-0.2, 0) is 17.1 Å². The number of benzene rings is 2. The van der Waals surface area contributed by atoms with Crippen LogP contribution in [0.25, 0.3) is 11.4 Å². The molecule has 0 saturated heterocycles. The SMILES string of the molecule is COc1ccc(-c2nc(SCc3cc([N+](=O)[O-])cc4c3OCOC4)n[nH]2)cc1.